The van der Waals surface area contributed by atoms with Crippen molar-refractivity contribution in [3.63, 3.8) is 0 Å². The number of aliphatic carboxylic acids is 1. The van der Waals surface area contributed by atoms with E-state index in [2.05, 4.69) is 123 Å². The lowest BCUT2D eigenvalue weighted by Gasteiger charge is -2.26. The van der Waals surface area contributed by atoms with E-state index in [1.165, 1.54) is 238 Å². The maximum absolute atomic E-state index is 13.0. The Kier molecular flexibility index (Phi) is 72.5. The number of nitrogens with zero attached hydrogens (tertiary/aromatic N) is 1. The van der Waals surface area contributed by atoms with E-state index in [0.717, 1.165) is 89.9 Å². The molecule has 9 nitrogen and oxygen atoms in total. The average molecular weight is 1330 g/mol. The minimum absolute atomic E-state index is 0.145. The molecular formula is C86H151NO8. The third-order valence-corrected chi connectivity index (χ3v) is 17.5. The van der Waals surface area contributed by atoms with Crippen LogP contribution in [0.2, 0.25) is 0 Å². The van der Waals surface area contributed by atoms with Crippen LogP contribution in [0.1, 0.15) is 361 Å². The van der Waals surface area contributed by atoms with E-state index in [9.17, 15) is 19.5 Å². The van der Waals surface area contributed by atoms with Crippen molar-refractivity contribution in [3.05, 3.63) is 109 Å². The minimum Gasteiger partial charge on any atom is -0.545 e. The zero-order valence-electron chi connectivity index (χ0n) is 62.8. The van der Waals surface area contributed by atoms with Gasteiger partial charge >= 0.3 is 11.9 Å². The van der Waals surface area contributed by atoms with Gasteiger partial charge in [0.15, 0.2) is 12.4 Å². The largest absolute Gasteiger partial charge is 0.545 e. The van der Waals surface area contributed by atoms with Crippen molar-refractivity contribution in [1.82, 2.24) is 0 Å². The molecule has 0 N–H and O–H groups in total. The predicted octanol–water partition coefficient (Wildman–Crippen LogP) is 24.4. The Morgan fingerprint density at radius 3 is 0.895 bits per heavy atom. The van der Waals surface area contributed by atoms with Crippen molar-refractivity contribution in [2.24, 2.45) is 0 Å². The first-order valence-corrected chi connectivity index (χ1v) is 40.0. The fourth-order valence-corrected chi connectivity index (χ4v) is 11.4. The predicted molar refractivity (Wildman–Crippen MR) is 407 cm³/mol. The molecule has 95 heavy (non-hydrogen) atoms. The number of ether oxygens (including phenoxy) is 4. The Balaban J connectivity index is 4.01. The smallest absolute Gasteiger partial charge is 0.306 e. The van der Waals surface area contributed by atoms with Gasteiger partial charge in [0.2, 0.25) is 0 Å². The molecule has 0 aromatic heterocycles. The van der Waals surface area contributed by atoms with Gasteiger partial charge in [0.1, 0.15) is 13.2 Å². The van der Waals surface area contributed by atoms with E-state index in [4.69, 9.17) is 18.9 Å². The van der Waals surface area contributed by atoms with Crippen LogP contribution in [-0.2, 0) is 33.3 Å². The fourth-order valence-electron chi connectivity index (χ4n) is 11.4. The first-order valence-electron chi connectivity index (χ1n) is 40.0. The highest BCUT2D eigenvalue weighted by Crippen LogP contribution is 2.19. The Morgan fingerprint density at radius 1 is 0.326 bits per heavy atom. The molecule has 0 radical (unpaired) electrons. The summed E-state index contributed by atoms with van der Waals surface area (Å²) in [5, 5.41) is 11.9. The van der Waals surface area contributed by atoms with Crippen LogP contribution in [-0.4, -0.2) is 82.3 Å². The molecular weight excluding hydrogens is 1170 g/mol. The van der Waals surface area contributed by atoms with Crippen LogP contribution in [0, 0.1) is 0 Å². The van der Waals surface area contributed by atoms with E-state index in [1.54, 1.807) is 0 Å². The van der Waals surface area contributed by atoms with Crippen LogP contribution < -0.4 is 5.11 Å². The highest BCUT2D eigenvalue weighted by atomic mass is 16.7. The zero-order valence-corrected chi connectivity index (χ0v) is 62.8. The number of carboxylic acid groups (broad SMARTS) is 1. The van der Waals surface area contributed by atoms with Gasteiger partial charge in [0, 0.05) is 12.8 Å². The molecule has 0 aliphatic rings. The number of esters is 2. The second-order valence-electron chi connectivity index (χ2n) is 28.0. The van der Waals surface area contributed by atoms with Crippen molar-refractivity contribution < 1.29 is 42.9 Å². The summed E-state index contributed by atoms with van der Waals surface area (Å²) in [5.41, 5.74) is 0. The van der Waals surface area contributed by atoms with Gasteiger partial charge in [-0.2, -0.15) is 0 Å². The van der Waals surface area contributed by atoms with Gasteiger partial charge < -0.3 is 33.3 Å². The average Bonchev–Trinajstić information content (AvgIpc) is 3.24. The van der Waals surface area contributed by atoms with Crippen molar-refractivity contribution in [2.45, 2.75) is 373 Å². The van der Waals surface area contributed by atoms with Crippen LogP contribution >= 0.6 is 0 Å². The van der Waals surface area contributed by atoms with Crippen LogP contribution in [0.4, 0.5) is 0 Å². The molecule has 2 atom stereocenters. The molecule has 0 fully saturated rings. The molecule has 0 aromatic carbocycles. The Labute approximate surface area is 587 Å². The van der Waals surface area contributed by atoms with Crippen molar-refractivity contribution in [2.75, 3.05) is 47.5 Å². The number of quaternary nitrogens is 1. The molecule has 548 valence electrons. The number of hydrogen-bond donors (Lipinski definition) is 0. The van der Waals surface area contributed by atoms with Crippen molar-refractivity contribution >= 4 is 17.9 Å². The van der Waals surface area contributed by atoms with E-state index in [-0.39, 0.29) is 32.2 Å². The summed E-state index contributed by atoms with van der Waals surface area (Å²) in [5.74, 6) is -2.27. The number of likely N-dealkylation sites (N-methyl/N-ethyl adjacent to an activating group) is 1. The third kappa shape index (κ3) is 77.2. The summed E-state index contributed by atoms with van der Waals surface area (Å²) in [7, 11) is 5.94. The molecule has 0 aromatic rings. The first kappa shape index (κ1) is 91.0. The van der Waals surface area contributed by atoms with Gasteiger partial charge in [0.25, 0.3) is 0 Å². The third-order valence-electron chi connectivity index (χ3n) is 17.5. The lowest BCUT2D eigenvalue weighted by Crippen LogP contribution is -2.44. The maximum Gasteiger partial charge on any atom is 0.306 e. The fraction of sp³-hybridized carbons (Fsp3) is 0.756. The number of carbonyl (C=O) groups is 3. The van der Waals surface area contributed by atoms with Crippen molar-refractivity contribution in [1.29, 1.82) is 0 Å². The van der Waals surface area contributed by atoms with Crippen LogP contribution in [0.15, 0.2) is 109 Å². The molecule has 0 amide bonds. The molecule has 9 heteroatoms. The SMILES string of the molecule is CC/C=C\C/C=C\C/C=C\C/C=C\C/C=C\C/C=C\CCCCCCCCCCCCCCC(=O)OC(COC(=O)CCCCCCCCCCCCCCCCCCCCCCCCCC/C=C\C/C=C\C/C=C\CCCCCCC)COC(OCC[N+](C)(C)C)C(=O)[O-]. The Morgan fingerprint density at radius 2 is 0.600 bits per heavy atom. The van der Waals surface area contributed by atoms with E-state index < -0.39 is 24.3 Å². The highest BCUT2D eigenvalue weighted by molar-refractivity contribution is 5.70. The zero-order chi connectivity index (χ0) is 69.0. The molecule has 0 aliphatic carbocycles. The number of carbonyl (C=O) groups excluding carboxylic acids is 3. The van der Waals surface area contributed by atoms with Crippen molar-refractivity contribution in [3.8, 4) is 0 Å². The molecule has 0 spiro atoms. The van der Waals surface area contributed by atoms with Crippen LogP contribution in [0.5, 0.6) is 0 Å². The number of carboxylic acids is 1. The molecule has 0 saturated heterocycles. The summed E-state index contributed by atoms with van der Waals surface area (Å²) < 4.78 is 22.9. The standard InChI is InChI=1S/C86H151NO8/c1-6-8-10-12-14-16-18-20-22-24-26-28-30-32-34-36-38-39-40-41-42-43-44-45-47-48-50-52-54-56-58-60-62-64-66-68-70-72-74-76-83(88)93-80-82(81-94-86(85(90)91)92-79-78-87(3,4)5)95-84(89)77-75-73-71-69-67-65-63-61-59-57-55-53-51-49-46-37-35-33-31-29-27-25-23-21-19-17-15-13-11-9-7-2/h9,11,15,17-18,20-21,23-24,26-27,29-30,32-33,35,46,49,82,86H,6-8,10,12-14,16,19,22,25,28,31,34,36-45,47-48,50-81H2,1-5H3/b11-9-,17-15-,20-18-,23-21-,26-24-,29-27-,32-30-,35-33-,49-46-. The van der Waals surface area contributed by atoms with Gasteiger partial charge in [-0.05, 0) is 103 Å². The van der Waals surface area contributed by atoms with E-state index in [1.807, 2.05) is 21.1 Å². The summed E-state index contributed by atoms with van der Waals surface area (Å²) in [4.78, 5) is 37.6. The topological polar surface area (TPSA) is 111 Å². The summed E-state index contributed by atoms with van der Waals surface area (Å²) >= 11 is 0. The van der Waals surface area contributed by atoms with Gasteiger partial charge in [-0.15, -0.1) is 0 Å². The number of rotatable bonds is 74. The summed E-state index contributed by atoms with van der Waals surface area (Å²) in [6, 6.07) is 0. The van der Waals surface area contributed by atoms with Gasteiger partial charge in [-0.25, -0.2) is 0 Å². The lowest BCUT2D eigenvalue weighted by atomic mass is 10.0. The molecule has 0 saturated carbocycles. The second kappa shape index (κ2) is 75.7. The molecule has 0 bridgehead atoms. The summed E-state index contributed by atoms with van der Waals surface area (Å²) in [6.07, 6.45) is 104. The van der Waals surface area contributed by atoms with E-state index >= 15 is 0 Å². The van der Waals surface area contributed by atoms with Crippen LogP contribution in [0.3, 0.4) is 0 Å². The van der Waals surface area contributed by atoms with E-state index in [0.29, 0.717) is 23.9 Å². The summed E-state index contributed by atoms with van der Waals surface area (Å²) in [6.45, 7) is 4.66. The Hall–Kier alpha value is -4.05. The number of hydrogen-bond acceptors (Lipinski definition) is 8. The minimum atomic E-state index is -1.63. The number of unbranched alkanes of at least 4 members (excludes halogenated alkanes) is 41. The van der Waals surface area contributed by atoms with Gasteiger partial charge in [-0.1, -0.05) is 354 Å². The molecule has 0 aliphatic heterocycles. The monoisotopic (exact) mass is 1330 g/mol. The van der Waals surface area contributed by atoms with Gasteiger partial charge in [0.05, 0.1) is 40.3 Å². The maximum atomic E-state index is 13.0. The normalized spacial score (nSPS) is 13.2. The highest BCUT2D eigenvalue weighted by Gasteiger charge is 2.22. The quantitative estimate of drug-likeness (QED) is 0.0195. The Bertz CT molecular complexity index is 1930. The van der Waals surface area contributed by atoms with Crippen LogP contribution in [0.25, 0.3) is 0 Å². The van der Waals surface area contributed by atoms with Gasteiger partial charge in [-0.3, -0.25) is 9.59 Å². The molecule has 2 unspecified atom stereocenters. The first-order chi connectivity index (χ1) is 46.6. The molecule has 0 rings (SSSR count). The number of allylic oxidation sites excluding steroid dienone is 18. The molecule has 0 heterocycles. The second-order valence-corrected chi connectivity index (χ2v) is 28.0. The lowest BCUT2D eigenvalue weighted by molar-refractivity contribution is -0.870.